The van der Waals surface area contributed by atoms with E-state index in [0.717, 1.165) is 77.8 Å². The molecule has 2 N–H and O–H groups in total. The smallest absolute Gasteiger partial charge is 0.248 e. The second kappa shape index (κ2) is 12.3. The SMILES string of the molecule is O=C(/C=C1/CCCc2ccc(F)cc21)Nc1ccccc1.O=C(/C=C1\CCOc2ccc(Cl)cc21)NC1CC1. The Hall–Kier alpha value is -3.90. The second-order valence-electron chi connectivity index (χ2n) is 9.87. The number of aryl methyl sites for hydroxylation is 1. The normalized spacial score (nSPS) is 17.7. The fraction of sp³-hybridized carbons (Fsp3) is 0.250. The number of amides is 2. The Labute approximate surface area is 232 Å². The Kier molecular flexibility index (Phi) is 8.42. The van der Waals surface area contributed by atoms with Crippen LogP contribution in [-0.4, -0.2) is 24.5 Å². The van der Waals surface area contributed by atoms with Gasteiger partial charge >= 0.3 is 0 Å². The van der Waals surface area contributed by atoms with E-state index in [2.05, 4.69) is 10.6 Å². The number of para-hydroxylation sites is 1. The standard InChI is InChI=1S/C18H16FNO.C14H14ClNO2/c19-15-10-9-13-5-4-6-14(17(13)12-15)11-18(21)20-16-7-2-1-3-8-16;15-10-1-4-13-12(8-10)9(5-6-18-13)7-14(17)16-11-2-3-11/h1-3,7-12H,4-6H2,(H,20,21);1,4,7-8,11H,2-3,5-6H2,(H,16,17)/b14-11-;9-7+. The van der Waals surface area contributed by atoms with E-state index in [1.54, 1.807) is 18.2 Å². The lowest BCUT2D eigenvalue weighted by atomic mass is 9.87. The topological polar surface area (TPSA) is 67.4 Å². The lowest BCUT2D eigenvalue weighted by molar-refractivity contribution is -0.116. The summed E-state index contributed by atoms with van der Waals surface area (Å²) in [6, 6.07) is 20.0. The van der Waals surface area contributed by atoms with Gasteiger partial charge in [-0.2, -0.15) is 0 Å². The van der Waals surface area contributed by atoms with Gasteiger partial charge in [0.05, 0.1) is 6.61 Å². The predicted octanol–water partition coefficient (Wildman–Crippen LogP) is 6.97. The summed E-state index contributed by atoms with van der Waals surface area (Å²) in [6.45, 7) is 0.608. The Bertz CT molecular complexity index is 1430. The molecule has 5 nitrogen and oxygen atoms in total. The number of halogens is 2. The maximum absolute atomic E-state index is 13.4. The maximum atomic E-state index is 13.4. The van der Waals surface area contributed by atoms with Crippen molar-refractivity contribution in [2.45, 2.75) is 44.6 Å². The molecule has 0 unspecified atom stereocenters. The highest BCUT2D eigenvalue weighted by molar-refractivity contribution is 6.30. The molecular formula is C32H30ClFN2O3. The van der Waals surface area contributed by atoms with Crippen LogP contribution in [0.15, 0.2) is 78.9 Å². The molecule has 3 aromatic carbocycles. The Balaban J connectivity index is 0.000000160. The van der Waals surface area contributed by atoms with E-state index in [0.29, 0.717) is 17.7 Å². The van der Waals surface area contributed by atoms with Gasteiger partial charge in [0.2, 0.25) is 11.8 Å². The first-order chi connectivity index (χ1) is 18.9. The summed E-state index contributed by atoms with van der Waals surface area (Å²) in [5.74, 6) is 0.356. The van der Waals surface area contributed by atoms with Crippen molar-refractivity contribution >= 4 is 40.2 Å². The van der Waals surface area contributed by atoms with Gasteiger partial charge in [-0.1, -0.05) is 35.9 Å². The van der Waals surface area contributed by atoms with Gasteiger partial charge in [-0.3, -0.25) is 9.59 Å². The highest BCUT2D eigenvalue weighted by Crippen LogP contribution is 2.35. The molecule has 3 aliphatic rings. The maximum Gasteiger partial charge on any atom is 0.248 e. The van der Waals surface area contributed by atoms with Crippen molar-refractivity contribution in [3.8, 4) is 5.75 Å². The van der Waals surface area contributed by atoms with Crippen molar-refractivity contribution in [2.75, 3.05) is 11.9 Å². The minimum absolute atomic E-state index is 0.0136. The summed E-state index contributed by atoms with van der Waals surface area (Å²) in [5.41, 5.74) is 5.57. The van der Waals surface area contributed by atoms with Gasteiger partial charge < -0.3 is 15.4 Å². The van der Waals surface area contributed by atoms with E-state index in [1.807, 2.05) is 48.5 Å². The molecule has 1 heterocycles. The zero-order valence-corrected chi connectivity index (χ0v) is 22.3. The van der Waals surface area contributed by atoms with Crippen LogP contribution in [0.3, 0.4) is 0 Å². The molecule has 1 fully saturated rings. The van der Waals surface area contributed by atoms with Gasteiger partial charge in [0.25, 0.3) is 0 Å². The first-order valence-electron chi connectivity index (χ1n) is 13.2. The van der Waals surface area contributed by atoms with Gasteiger partial charge in [-0.15, -0.1) is 0 Å². The highest BCUT2D eigenvalue weighted by Gasteiger charge is 2.23. The van der Waals surface area contributed by atoms with Crippen molar-refractivity contribution in [3.63, 3.8) is 0 Å². The Morgan fingerprint density at radius 2 is 1.64 bits per heavy atom. The molecule has 0 bridgehead atoms. The minimum Gasteiger partial charge on any atom is -0.493 e. The molecule has 0 aromatic heterocycles. The van der Waals surface area contributed by atoms with Crippen LogP contribution in [0, 0.1) is 5.82 Å². The number of ether oxygens (including phenoxy) is 1. The Morgan fingerprint density at radius 1 is 0.872 bits per heavy atom. The second-order valence-corrected chi connectivity index (χ2v) is 10.3. The summed E-state index contributed by atoms with van der Waals surface area (Å²) in [5, 5.41) is 6.44. The van der Waals surface area contributed by atoms with Crippen LogP contribution < -0.4 is 15.4 Å². The number of rotatable bonds is 4. The number of allylic oxidation sites excluding steroid dienone is 1. The van der Waals surface area contributed by atoms with Gasteiger partial charge in [0.1, 0.15) is 11.6 Å². The summed E-state index contributed by atoms with van der Waals surface area (Å²) in [4.78, 5) is 23.9. The lowest BCUT2D eigenvalue weighted by Gasteiger charge is -2.20. The third-order valence-electron chi connectivity index (χ3n) is 6.80. The van der Waals surface area contributed by atoms with E-state index in [4.69, 9.17) is 16.3 Å². The van der Waals surface area contributed by atoms with Crippen molar-refractivity contribution < 1.29 is 18.7 Å². The van der Waals surface area contributed by atoms with Crippen molar-refractivity contribution in [1.82, 2.24) is 5.32 Å². The van der Waals surface area contributed by atoms with Crippen LogP contribution in [0.1, 0.15) is 48.8 Å². The molecule has 6 rings (SSSR count). The summed E-state index contributed by atoms with van der Waals surface area (Å²) >= 11 is 5.99. The minimum atomic E-state index is -0.259. The number of hydrogen-bond donors (Lipinski definition) is 2. The van der Waals surface area contributed by atoms with Gasteiger partial charge in [-0.05, 0) is 96.8 Å². The number of nitrogens with one attached hydrogen (secondary N) is 2. The number of fused-ring (bicyclic) bond motifs is 2. The molecule has 1 saturated carbocycles. The zero-order valence-electron chi connectivity index (χ0n) is 21.5. The molecule has 200 valence electrons. The molecule has 0 saturated heterocycles. The first kappa shape index (κ1) is 26.7. The molecule has 0 atom stereocenters. The van der Waals surface area contributed by atoms with Crippen LogP contribution in [0.5, 0.6) is 5.75 Å². The summed E-state index contributed by atoms with van der Waals surface area (Å²) < 4.78 is 19.0. The van der Waals surface area contributed by atoms with E-state index in [-0.39, 0.29) is 17.6 Å². The van der Waals surface area contributed by atoms with E-state index < -0.39 is 0 Å². The molecule has 39 heavy (non-hydrogen) atoms. The third-order valence-corrected chi connectivity index (χ3v) is 7.04. The summed E-state index contributed by atoms with van der Waals surface area (Å²) in [6.07, 6.45) is 8.93. The quantitative estimate of drug-likeness (QED) is 0.349. The average Bonchev–Trinajstić information content (AvgIpc) is 3.74. The molecule has 1 aliphatic heterocycles. The van der Waals surface area contributed by atoms with E-state index in [1.165, 1.54) is 12.1 Å². The Morgan fingerprint density at radius 3 is 2.44 bits per heavy atom. The van der Waals surface area contributed by atoms with Crippen LogP contribution in [-0.2, 0) is 16.0 Å². The highest BCUT2D eigenvalue weighted by atomic mass is 35.5. The van der Waals surface area contributed by atoms with Crippen LogP contribution >= 0.6 is 11.6 Å². The van der Waals surface area contributed by atoms with Crippen LogP contribution in [0.4, 0.5) is 10.1 Å². The summed E-state index contributed by atoms with van der Waals surface area (Å²) in [7, 11) is 0. The van der Waals surface area contributed by atoms with Gasteiger partial charge in [0, 0.05) is 40.9 Å². The zero-order chi connectivity index (χ0) is 27.2. The van der Waals surface area contributed by atoms with E-state index >= 15 is 0 Å². The number of anilines is 1. The van der Waals surface area contributed by atoms with Crippen LogP contribution in [0.25, 0.3) is 11.1 Å². The molecule has 2 aliphatic carbocycles. The van der Waals surface area contributed by atoms with Gasteiger partial charge in [0.15, 0.2) is 0 Å². The number of carbonyl (C=O) groups is 2. The van der Waals surface area contributed by atoms with Crippen molar-refractivity contribution in [2.24, 2.45) is 0 Å². The largest absolute Gasteiger partial charge is 0.493 e. The molecule has 7 heteroatoms. The predicted molar refractivity (Wildman–Crippen MR) is 153 cm³/mol. The molecule has 0 radical (unpaired) electrons. The lowest BCUT2D eigenvalue weighted by Crippen LogP contribution is -2.23. The first-order valence-corrected chi connectivity index (χ1v) is 13.6. The third kappa shape index (κ3) is 7.36. The van der Waals surface area contributed by atoms with Crippen molar-refractivity contribution in [3.05, 3.63) is 106 Å². The van der Waals surface area contributed by atoms with E-state index in [9.17, 15) is 14.0 Å². The number of hydrogen-bond acceptors (Lipinski definition) is 3. The molecule has 3 aromatic rings. The number of carbonyl (C=O) groups excluding carboxylic acids is 2. The molecular weight excluding hydrogens is 515 g/mol. The average molecular weight is 545 g/mol. The van der Waals surface area contributed by atoms with Crippen LogP contribution in [0.2, 0.25) is 5.02 Å². The molecule has 0 spiro atoms. The fourth-order valence-electron chi connectivity index (χ4n) is 4.74. The monoisotopic (exact) mass is 544 g/mol. The number of benzene rings is 3. The van der Waals surface area contributed by atoms with Gasteiger partial charge in [-0.25, -0.2) is 4.39 Å². The fourth-order valence-corrected chi connectivity index (χ4v) is 4.91. The van der Waals surface area contributed by atoms with Crippen molar-refractivity contribution in [1.29, 1.82) is 0 Å². The molecule has 2 amide bonds.